The van der Waals surface area contributed by atoms with E-state index in [0.29, 0.717) is 0 Å². The van der Waals surface area contributed by atoms with Gasteiger partial charge < -0.3 is 15.4 Å². The predicted molar refractivity (Wildman–Crippen MR) is 110 cm³/mol. The summed E-state index contributed by atoms with van der Waals surface area (Å²) >= 11 is 0. The largest absolute Gasteiger partial charge is 0.467 e. The van der Waals surface area contributed by atoms with E-state index >= 15 is 0 Å². The lowest BCUT2D eigenvalue weighted by atomic mass is 9.99. The molecule has 1 aromatic rings. The number of amides is 2. The van der Waals surface area contributed by atoms with Gasteiger partial charge in [-0.1, -0.05) is 38.0 Å². The molecule has 0 aromatic heterocycles. The van der Waals surface area contributed by atoms with Crippen LogP contribution in [0.25, 0.3) is 0 Å². The number of nitrogens with one attached hydrogen (secondary N) is 2. The van der Waals surface area contributed by atoms with Crippen LogP contribution in [0, 0.1) is 26.7 Å². The Kier molecular flexibility index (Phi) is 9.12. The maximum atomic E-state index is 12.4. The molecule has 0 spiro atoms. The van der Waals surface area contributed by atoms with Crippen molar-refractivity contribution in [3.05, 3.63) is 28.8 Å². The van der Waals surface area contributed by atoms with Crippen LogP contribution in [0.2, 0.25) is 0 Å². The zero-order valence-corrected chi connectivity index (χ0v) is 18.0. The molecule has 7 heteroatoms. The summed E-state index contributed by atoms with van der Waals surface area (Å²) in [6, 6.07) is 3.34. The molecule has 0 aliphatic carbocycles. The monoisotopic (exact) mass is 391 g/mol. The van der Waals surface area contributed by atoms with Gasteiger partial charge in [0.05, 0.1) is 20.2 Å². The highest BCUT2D eigenvalue weighted by molar-refractivity contribution is 5.94. The summed E-state index contributed by atoms with van der Waals surface area (Å²) in [5, 5.41) is 5.63. The van der Waals surface area contributed by atoms with Crippen LogP contribution in [0.3, 0.4) is 0 Å². The lowest BCUT2D eigenvalue weighted by molar-refractivity contribution is -0.146. The van der Waals surface area contributed by atoms with Gasteiger partial charge in [0.2, 0.25) is 11.8 Å². The van der Waals surface area contributed by atoms with Crippen LogP contribution < -0.4 is 10.6 Å². The zero-order valence-electron chi connectivity index (χ0n) is 18.0. The number of methoxy groups -OCH3 is 1. The summed E-state index contributed by atoms with van der Waals surface area (Å²) in [7, 11) is 2.99. The van der Waals surface area contributed by atoms with Gasteiger partial charge in [-0.25, -0.2) is 4.79 Å². The molecule has 0 aliphatic heterocycles. The van der Waals surface area contributed by atoms with Crippen molar-refractivity contribution >= 4 is 23.5 Å². The summed E-state index contributed by atoms with van der Waals surface area (Å²) in [6.45, 7) is 9.81. The minimum absolute atomic E-state index is 0.00319. The van der Waals surface area contributed by atoms with Gasteiger partial charge in [0.1, 0.15) is 6.04 Å². The average molecular weight is 392 g/mol. The van der Waals surface area contributed by atoms with Crippen LogP contribution in [0.1, 0.15) is 37.0 Å². The molecule has 2 amide bonds. The highest BCUT2D eigenvalue weighted by atomic mass is 16.5. The van der Waals surface area contributed by atoms with E-state index in [1.807, 2.05) is 46.8 Å². The zero-order chi connectivity index (χ0) is 21.4. The fourth-order valence-corrected chi connectivity index (χ4v) is 3.12. The van der Waals surface area contributed by atoms with Gasteiger partial charge in [-0.3, -0.25) is 14.5 Å². The first kappa shape index (κ1) is 23.6. The Balaban J connectivity index is 2.63. The predicted octanol–water partition coefficient (Wildman–Crippen LogP) is 2.19. The van der Waals surface area contributed by atoms with Crippen molar-refractivity contribution in [3.63, 3.8) is 0 Å². The molecule has 0 saturated heterocycles. The topological polar surface area (TPSA) is 87.7 Å². The molecular formula is C21H33N3O4. The van der Waals surface area contributed by atoms with Crippen LogP contribution in [0.5, 0.6) is 0 Å². The number of anilines is 1. The van der Waals surface area contributed by atoms with Gasteiger partial charge >= 0.3 is 5.97 Å². The average Bonchev–Trinajstić information content (AvgIpc) is 2.61. The number of nitrogens with zero attached hydrogens (tertiary/aromatic N) is 1. The molecule has 0 saturated carbocycles. The van der Waals surface area contributed by atoms with Crippen molar-refractivity contribution in [1.82, 2.24) is 10.2 Å². The van der Waals surface area contributed by atoms with Crippen LogP contribution in [-0.4, -0.2) is 56.0 Å². The smallest absolute Gasteiger partial charge is 0.328 e. The lowest BCUT2D eigenvalue weighted by Crippen LogP contribution is -2.49. The van der Waals surface area contributed by atoms with Gasteiger partial charge in [0.15, 0.2) is 0 Å². The molecule has 0 bridgehead atoms. The fourth-order valence-electron chi connectivity index (χ4n) is 3.12. The molecule has 28 heavy (non-hydrogen) atoms. The molecule has 0 heterocycles. The number of aryl methyl sites for hydroxylation is 3. The second-order valence-electron chi connectivity index (χ2n) is 7.45. The maximum absolute atomic E-state index is 12.4. The van der Waals surface area contributed by atoms with E-state index in [1.54, 1.807) is 11.9 Å². The van der Waals surface area contributed by atoms with Crippen molar-refractivity contribution in [2.75, 3.05) is 32.6 Å². The SMILES string of the molecule is CC[C@H](C)[C@H](NC(=O)CN(C)CC(=O)Nc1c(C)cc(C)cc1C)C(=O)OC. The number of ether oxygens (including phenoxy) is 1. The van der Waals surface area contributed by atoms with E-state index in [9.17, 15) is 14.4 Å². The van der Waals surface area contributed by atoms with Gasteiger partial charge in [-0.15, -0.1) is 0 Å². The van der Waals surface area contributed by atoms with Crippen LogP contribution >= 0.6 is 0 Å². The number of rotatable bonds is 9. The molecule has 1 aromatic carbocycles. The molecular weight excluding hydrogens is 358 g/mol. The third kappa shape index (κ3) is 6.96. The molecule has 156 valence electrons. The van der Waals surface area contributed by atoms with Gasteiger partial charge in [0, 0.05) is 5.69 Å². The highest BCUT2D eigenvalue weighted by Crippen LogP contribution is 2.21. The third-order valence-electron chi connectivity index (χ3n) is 4.75. The van der Waals surface area contributed by atoms with Crippen molar-refractivity contribution in [1.29, 1.82) is 0 Å². The van der Waals surface area contributed by atoms with E-state index in [4.69, 9.17) is 4.74 Å². The van der Waals surface area contributed by atoms with E-state index < -0.39 is 12.0 Å². The number of esters is 1. The van der Waals surface area contributed by atoms with Crippen molar-refractivity contribution in [2.45, 2.75) is 47.1 Å². The Morgan fingerprint density at radius 3 is 2.11 bits per heavy atom. The quantitative estimate of drug-likeness (QED) is 0.630. The third-order valence-corrected chi connectivity index (χ3v) is 4.75. The van der Waals surface area contributed by atoms with Gasteiger partial charge in [0.25, 0.3) is 0 Å². The molecule has 0 fully saturated rings. The Morgan fingerprint density at radius 1 is 1.07 bits per heavy atom. The van der Waals surface area contributed by atoms with Crippen LogP contribution in [0.4, 0.5) is 5.69 Å². The van der Waals surface area contributed by atoms with Crippen LogP contribution in [-0.2, 0) is 19.1 Å². The van der Waals surface area contributed by atoms with E-state index in [2.05, 4.69) is 10.6 Å². The molecule has 2 N–H and O–H groups in total. The first-order chi connectivity index (χ1) is 13.1. The Morgan fingerprint density at radius 2 is 1.61 bits per heavy atom. The Labute approximate surface area is 167 Å². The van der Waals surface area contributed by atoms with Crippen LogP contribution in [0.15, 0.2) is 12.1 Å². The summed E-state index contributed by atoms with van der Waals surface area (Å²) in [6.07, 6.45) is 0.730. The van der Waals surface area contributed by atoms with E-state index in [1.165, 1.54) is 7.11 Å². The summed E-state index contributed by atoms with van der Waals surface area (Å²) in [4.78, 5) is 38.2. The van der Waals surface area contributed by atoms with Crippen molar-refractivity contribution in [2.24, 2.45) is 5.92 Å². The Bertz CT molecular complexity index is 695. The number of likely N-dealkylation sites (N-methyl/N-ethyl adjacent to an activating group) is 1. The molecule has 0 unspecified atom stereocenters. The normalized spacial score (nSPS) is 13.0. The number of carbonyl (C=O) groups excluding carboxylic acids is 3. The second kappa shape index (κ2) is 10.8. The number of benzene rings is 1. The standard InChI is InChI=1S/C21H33N3O4/c1-8-14(3)20(21(27)28-7)23-18(26)12-24(6)11-17(25)22-19-15(4)9-13(2)10-16(19)5/h9-10,14,20H,8,11-12H2,1-7H3,(H,22,25)(H,23,26)/t14-,20-/m0/s1. The molecule has 0 radical (unpaired) electrons. The number of hydrogen-bond acceptors (Lipinski definition) is 5. The van der Waals surface area contributed by atoms with E-state index in [0.717, 1.165) is 28.8 Å². The Hall–Kier alpha value is -2.41. The maximum Gasteiger partial charge on any atom is 0.328 e. The summed E-state index contributed by atoms with van der Waals surface area (Å²) in [5.41, 5.74) is 3.95. The minimum atomic E-state index is -0.692. The minimum Gasteiger partial charge on any atom is -0.467 e. The molecule has 1 rings (SSSR count). The number of hydrogen-bond donors (Lipinski definition) is 2. The fraction of sp³-hybridized carbons (Fsp3) is 0.571. The molecule has 7 nitrogen and oxygen atoms in total. The van der Waals surface area contributed by atoms with Crippen molar-refractivity contribution in [3.8, 4) is 0 Å². The van der Waals surface area contributed by atoms with E-state index in [-0.39, 0.29) is 30.8 Å². The van der Waals surface area contributed by atoms with Gasteiger partial charge in [-0.2, -0.15) is 0 Å². The first-order valence-electron chi connectivity index (χ1n) is 9.52. The van der Waals surface area contributed by atoms with Gasteiger partial charge in [-0.05, 0) is 44.9 Å². The molecule has 2 atom stereocenters. The first-order valence-corrected chi connectivity index (χ1v) is 9.52. The number of carbonyl (C=O) groups is 3. The summed E-state index contributed by atoms with van der Waals surface area (Å²) in [5.74, 6) is -1.03. The molecule has 0 aliphatic rings. The highest BCUT2D eigenvalue weighted by Gasteiger charge is 2.27. The second-order valence-corrected chi connectivity index (χ2v) is 7.45. The summed E-state index contributed by atoms with van der Waals surface area (Å²) < 4.78 is 4.77. The lowest BCUT2D eigenvalue weighted by Gasteiger charge is -2.23. The van der Waals surface area contributed by atoms with Crippen molar-refractivity contribution < 1.29 is 19.1 Å².